The van der Waals surface area contributed by atoms with Crippen LogP contribution in [0.15, 0.2) is 35.1 Å². The standard InChI is InChI=1S/C17H18BrNO5/c1-21-13-8-11(16(20)10-5-6-19-15(18)7-10)12(9-14(13)22-2)17(23-3)24-4/h5-9,17H,1-4H3. The van der Waals surface area contributed by atoms with Gasteiger partial charge in [-0.1, -0.05) is 0 Å². The molecule has 7 heteroatoms. The molecule has 0 aliphatic heterocycles. The fourth-order valence-electron chi connectivity index (χ4n) is 2.34. The molecule has 1 heterocycles. The van der Waals surface area contributed by atoms with Crippen LogP contribution in [0.3, 0.4) is 0 Å². The Morgan fingerprint density at radius 2 is 1.67 bits per heavy atom. The summed E-state index contributed by atoms with van der Waals surface area (Å²) in [5.41, 5.74) is 1.44. The summed E-state index contributed by atoms with van der Waals surface area (Å²) in [6.45, 7) is 0. The van der Waals surface area contributed by atoms with Gasteiger partial charge in [0.2, 0.25) is 0 Å². The van der Waals surface area contributed by atoms with Gasteiger partial charge in [0.15, 0.2) is 23.6 Å². The molecule has 0 unspecified atom stereocenters. The van der Waals surface area contributed by atoms with Crippen molar-refractivity contribution < 1.29 is 23.7 Å². The van der Waals surface area contributed by atoms with Crippen molar-refractivity contribution in [2.24, 2.45) is 0 Å². The zero-order valence-corrected chi connectivity index (χ0v) is 15.4. The number of methoxy groups -OCH3 is 4. The highest BCUT2D eigenvalue weighted by Crippen LogP contribution is 2.35. The third-order valence-corrected chi connectivity index (χ3v) is 3.90. The average molecular weight is 396 g/mol. The molecule has 24 heavy (non-hydrogen) atoms. The third kappa shape index (κ3) is 3.75. The second kappa shape index (κ2) is 8.23. The predicted molar refractivity (Wildman–Crippen MR) is 91.7 cm³/mol. The molecule has 0 saturated carbocycles. The first-order valence-electron chi connectivity index (χ1n) is 7.03. The molecule has 0 N–H and O–H groups in total. The Balaban J connectivity index is 2.63. The lowest BCUT2D eigenvalue weighted by Gasteiger charge is -2.20. The zero-order valence-electron chi connectivity index (χ0n) is 13.8. The van der Waals surface area contributed by atoms with E-state index >= 15 is 0 Å². The topological polar surface area (TPSA) is 66.9 Å². The molecule has 1 aromatic carbocycles. The van der Waals surface area contributed by atoms with Crippen LogP contribution in [0.25, 0.3) is 0 Å². The van der Waals surface area contributed by atoms with Crippen molar-refractivity contribution in [3.05, 3.63) is 51.8 Å². The summed E-state index contributed by atoms with van der Waals surface area (Å²) in [7, 11) is 6.04. The molecule has 0 atom stereocenters. The fourth-order valence-corrected chi connectivity index (χ4v) is 2.70. The van der Waals surface area contributed by atoms with Crippen LogP contribution in [0, 0.1) is 0 Å². The van der Waals surface area contributed by atoms with Gasteiger partial charge in [0.05, 0.1) is 14.2 Å². The van der Waals surface area contributed by atoms with E-state index in [0.717, 1.165) is 0 Å². The minimum atomic E-state index is -0.714. The Bertz CT molecular complexity index is 731. The molecule has 0 aliphatic rings. The quantitative estimate of drug-likeness (QED) is 0.406. The highest BCUT2D eigenvalue weighted by atomic mass is 79.9. The van der Waals surface area contributed by atoms with Crippen LogP contribution in [0.2, 0.25) is 0 Å². The second-order valence-corrected chi connectivity index (χ2v) is 5.61. The summed E-state index contributed by atoms with van der Waals surface area (Å²) in [5.74, 6) is 0.732. The van der Waals surface area contributed by atoms with Gasteiger partial charge >= 0.3 is 0 Å². The fraction of sp³-hybridized carbons (Fsp3) is 0.294. The van der Waals surface area contributed by atoms with Crippen molar-refractivity contribution in [2.75, 3.05) is 28.4 Å². The summed E-state index contributed by atoms with van der Waals surface area (Å²) >= 11 is 3.27. The molecule has 6 nitrogen and oxygen atoms in total. The number of aromatic nitrogens is 1. The van der Waals surface area contributed by atoms with Gasteiger partial charge in [-0.2, -0.15) is 0 Å². The Labute approximate surface area is 148 Å². The molecule has 0 radical (unpaired) electrons. The zero-order chi connectivity index (χ0) is 17.7. The Kier molecular flexibility index (Phi) is 6.30. The third-order valence-electron chi connectivity index (χ3n) is 3.47. The summed E-state index contributed by atoms with van der Waals surface area (Å²) in [5, 5.41) is 0. The Morgan fingerprint density at radius 3 is 2.21 bits per heavy atom. The number of hydrogen-bond donors (Lipinski definition) is 0. The maximum atomic E-state index is 13.0. The SMILES string of the molecule is COc1cc(C(=O)c2ccnc(Br)c2)c(C(OC)OC)cc1OC. The summed E-state index contributed by atoms with van der Waals surface area (Å²) in [6, 6.07) is 6.59. The van der Waals surface area contributed by atoms with E-state index < -0.39 is 6.29 Å². The number of halogens is 1. The smallest absolute Gasteiger partial charge is 0.193 e. The molecule has 0 fully saturated rings. The summed E-state index contributed by atoms with van der Waals surface area (Å²) in [6.07, 6.45) is 0.844. The van der Waals surface area contributed by atoms with E-state index in [1.54, 1.807) is 30.5 Å². The number of benzene rings is 1. The van der Waals surface area contributed by atoms with Crippen molar-refractivity contribution in [3.63, 3.8) is 0 Å². The maximum Gasteiger partial charge on any atom is 0.193 e. The number of carbonyl (C=O) groups is 1. The van der Waals surface area contributed by atoms with E-state index in [2.05, 4.69) is 20.9 Å². The van der Waals surface area contributed by atoms with E-state index in [1.807, 2.05) is 0 Å². The number of rotatable bonds is 7. The number of carbonyl (C=O) groups excluding carboxylic acids is 1. The Hall–Kier alpha value is -1.96. The van der Waals surface area contributed by atoms with E-state index in [4.69, 9.17) is 18.9 Å². The van der Waals surface area contributed by atoms with Gasteiger partial charge in [-0.25, -0.2) is 4.98 Å². The average Bonchev–Trinajstić information content (AvgIpc) is 2.61. The molecule has 128 valence electrons. The molecule has 0 bridgehead atoms. The van der Waals surface area contributed by atoms with Gasteiger partial charge in [0, 0.05) is 37.1 Å². The van der Waals surface area contributed by atoms with Crippen LogP contribution >= 0.6 is 15.9 Å². The van der Waals surface area contributed by atoms with Crippen LogP contribution in [-0.4, -0.2) is 39.2 Å². The normalized spacial score (nSPS) is 10.8. The number of pyridine rings is 1. The number of ether oxygens (including phenoxy) is 4. The molecule has 2 rings (SSSR count). The highest BCUT2D eigenvalue weighted by molar-refractivity contribution is 9.10. The first-order valence-corrected chi connectivity index (χ1v) is 7.82. The molecular formula is C17H18BrNO5. The van der Waals surface area contributed by atoms with Gasteiger partial charge in [-0.15, -0.1) is 0 Å². The van der Waals surface area contributed by atoms with E-state index in [1.165, 1.54) is 28.4 Å². The largest absolute Gasteiger partial charge is 0.493 e. The molecular weight excluding hydrogens is 378 g/mol. The number of nitrogens with zero attached hydrogens (tertiary/aromatic N) is 1. The van der Waals surface area contributed by atoms with E-state index in [0.29, 0.717) is 32.8 Å². The van der Waals surface area contributed by atoms with Gasteiger partial charge in [-0.05, 0) is 40.2 Å². The van der Waals surface area contributed by atoms with Crippen LogP contribution in [0.1, 0.15) is 27.8 Å². The van der Waals surface area contributed by atoms with Crippen molar-refractivity contribution >= 4 is 21.7 Å². The van der Waals surface area contributed by atoms with Gasteiger partial charge in [0.25, 0.3) is 0 Å². The molecule has 0 spiro atoms. The summed E-state index contributed by atoms with van der Waals surface area (Å²) in [4.78, 5) is 17.0. The van der Waals surface area contributed by atoms with Crippen molar-refractivity contribution in [3.8, 4) is 11.5 Å². The van der Waals surface area contributed by atoms with Gasteiger partial charge in [0.1, 0.15) is 4.60 Å². The summed E-state index contributed by atoms with van der Waals surface area (Å²) < 4.78 is 21.8. The minimum Gasteiger partial charge on any atom is -0.493 e. The predicted octanol–water partition coefficient (Wildman–Crippen LogP) is 3.38. The highest BCUT2D eigenvalue weighted by Gasteiger charge is 2.24. The monoisotopic (exact) mass is 395 g/mol. The van der Waals surface area contributed by atoms with Gasteiger partial charge in [-0.3, -0.25) is 4.79 Å². The van der Waals surface area contributed by atoms with E-state index in [9.17, 15) is 4.79 Å². The second-order valence-electron chi connectivity index (χ2n) is 4.79. The lowest BCUT2D eigenvalue weighted by molar-refractivity contribution is -0.106. The van der Waals surface area contributed by atoms with Crippen LogP contribution in [0.5, 0.6) is 11.5 Å². The first kappa shape index (κ1) is 18.4. The lowest BCUT2D eigenvalue weighted by atomic mass is 9.97. The number of hydrogen-bond acceptors (Lipinski definition) is 6. The van der Waals surface area contributed by atoms with Crippen molar-refractivity contribution in [1.82, 2.24) is 4.98 Å². The Morgan fingerprint density at radius 1 is 1.04 bits per heavy atom. The molecule has 2 aromatic rings. The van der Waals surface area contributed by atoms with Crippen molar-refractivity contribution in [2.45, 2.75) is 6.29 Å². The molecule has 1 aromatic heterocycles. The lowest BCUT2D eigenvalue weighted by Crippen LogP contribution is -2.13. The van der Waals surface area contributed by atoms with Crippen LogP contribution < -0.4 is 9.47 Å². The maximum absolute atomic E-state index is 13.0. The minimum absolute atomic E-state index is 0.201. The van der Waals surface area contributed by atoms with Gasteiger partial charge < -0.3 is 18.9 Å². The molecule has 0 saturated heterocycles. The number of ketones is 1. The van der Waals surface area contributed by atoms with Crippen molar-refractivity contribution in [1.29, 1.82) is 0 Å². The first-order chi connectivity index (χ1) is 11.5. The van der Waals surface area contributed by atoms with Crippen LogP contribution in [-0.2, 0) is 9.47 Å². The van der Waals surface area contributed by atoms with E-state index in [-0.39, 0.29) is 5.78 Å². The molecule has 0 aliphatic carbocycles. The van der Waals surface area contributed by atoms with Crippen LogP contribution in [0.4, 0.5) is 0 Å². The molecule has 0 amide bonds.